The Morgan fingerprint density at radius 1 is 1.15 bits per heavy atom. The van der Waals surface area contributed by atoms with Crippen molar-refractivity contribution < 1.29 is 9.18 Å². The van der Waals surface area contributed by atoms with Gasteiger partial charge in [-0.2, -0.15) is 0 Å². The van der Waals surface area contributed by atoms with Crippen LogP contribution in [0, 0.1) is 5.82 Å². The van der Waals surface area contributed by atoms with Gasteiger partial charge in [-0.25, -0.2) is 19.2 Å². The molecule has 1 aliphatic carbocycles. The molecule has 0 saturated heterocycles. The fourth-order valence-electron chi connectivity index (χ4n) is 2.89. The van der Waals surface area contributed by atoms with Crippen LogP contribution in [0.1, 0.15) is 31.4 Å². The molecule has 138 valence electrons. The summed E-state index contributed by atoms with van der Waals surface area (Å²) >= 11 is 0. The van der Waals surface area contributed by atoms with Gasteiger partial charge in [-0.15, -0.1) is 0 Å². The van der Waals surface area contributed by atoms with Crippen molar-refractivity contribution >= 4 is 28.4 Å². The van der Waals surface area contributed by atoms with Crippen LogP contribution in [0.25, 0.3) is 10.9 Å². The number of hydrogen-bond donors (Lipinski definition) is 3. The van der Waals surface area contributed by atoms with E-state index in [0.717, 1.165) is 24.1 Å². The van der Waals surface area contributed by atoms with Gasteiger partial charge in [-0.1, -0.05) is 18.2 Å². The lowest BCUT2D eigenvalue weighted by Gasteiger charge is -2.17. The summed E-state index contributed by atoms with van der Waals surface area (Å²) in [5.74, 6) is 0.212. The highest BCUT2D eigenvalue weighted by molar-refractivity contribution is 5.90. The van der Waals surface area contributed by atoms with Gasteiger partial charge in [0.05, 0.1) is 0 Å². The molecule has 27 heavy (non-hydrogen) atoms. The van der Waals surface area contributed by atoms with E-state index in [4.69, 9.17) is 0 Å². The minimum atomic E-state index is -0.370. The van der Waals surface area contributed by atoms with Crippen molar-refractivity contribution in [1.29, 1.82) is 0 Å². The summed E-state index contributed by atoms with van der Waals surface area (Å²) in [5.41, 5.74) is 2.05. The van der Waals surface area contributed by atoms with E-state index in [2.05, 4.69) is 25.9 Å². The lowest BCUT2D eigenvalue weighted by molar-refractivity contribution is 0.251. The van der Waals surface area contributed by atoms with Gasteiger partial charge in [0.1, 0.15) is 23.5 Å². The van der Waals surface area contributed by atoms with Crippen molar-refractivity contribution in [3.05, 3.63) is 60.2 Å². The van der Waals surface area contributed by atoms with Crippen LogP contribution in [0.5, 0.6) is 0 Å². The quantitative estimate of drug-likeness (QED) is 0.632. The van der Waals surface area contributed by atoms with E-state index < -0.39 is 0 Å². The summed E-state index contributed by atoms with van der Waals surface area (Å²) in [6.07, 6.45) is 3.46. The van der Waals surface area contributed by atoms with E-state index in [9.17, 15) is 9.18 Å². The van der Waals surface area contributed by atoms with Crippen LogP contribution in [0.4, 0.5) is 20.7 Å². The molecule has 0 bridgehead atoms. The molecule has 1 aromatic heterocycles. The molecule has 0 spiro atoms. The van der Waals surface area contributed by atoms with Crippen molar-refractivity contribution in [2.24, 2.45) is 0 Å². The number of urea groups is 1. The SMILES string of the molecule is CC(Nc1ncnc2c(F)cccc12)c1ccc(NC(=O)NC2CC2)cc1. The highest BCUT2D eigenvalue weighted by atomic mass is 19.1. The molecule has 1 aliphatic rings. The number of hydrogen-bond acceptors (Lipinski definition) is 4. The number of carbonyl (C=O) groups excluding carboxylic acids is 1. The molecule has 0 radical (unpaired) electrons. The number of fused-ring (bicyclic) bond motifs is 1. The van der Waals surface area contributed by atoms with Crippen LogP contribution in [-0.2, 0) is 0 Å². The number of nitrogens with zero attached hydrogens (tertiary/aromatic N) is 2. The first-order valence-corrected chi connectivity index (χ1v) is 8.93. The number of anilines is 2. The number of benzene rings is 2. The summed E-state index contributed by atoms with van der Waals surface area (Å²) < 4.78 is 13.9. The molecule has 3 aromatic rings. The van der Waals surface area contributed by atoms with Gasteiger partial charge in [-0.05, 0) is 49.6 Å². The molecule has 1 atom stereocenters. The third-order valence-corrected chi connectivity index (χ3v) is 4.55. The maximum absolute atomic E-state index is 13.9. The van der Waals surface area contributed by atoms with Crippen LogP contribution < -0.4 is 16.0 Å². The third kappa shape index (κ3) is 3.97. The van der Waals surface area contributed by atoms with Crippen molar-refractivity contribution in [3.63, 3.8) is 0 Å². The summed E-state index contributed by atoms with van der Waals surface area (Å²) in [6.45, 7) is 2.00. The van der Waals surface area contributed by atoms with E-state index in [1.54, 1.807) is 12.1 Å². The molecule has 0 aliphatic heterocycles. The van der Waals surface area contributed by atoms with E-state index in [1.165, 1.54) is 12.4 Å². The smallest absolute Gasteiger partial charge is 0.319 e. The predicted molar refractivity (Wildman–Crippen MR) is 103 cm³/mol. The van der Waals surface area contributed by atoms with Gasteiger partial charge in [0.15, 0.2) is 0 Å². The van der Waals surface area contributed by atoms with Crippen LogP contribution >= 0.6 is 0 Å². The first kappa shape index (κ1) is 17.2. The summed E-state index contributed by atoms with van der Waals surface area (Å²) in [5, 5.41) is 9.66. The monoisotopic (exact) mass is 365 g/mol. The number of amides is 2. The highest BCUT2D eigenvalue weighted by Gasteiger charge is 2.23. The number of halogens is 1. The Bertz CT molecular complexity index is 972. The minimum absolute atomic E-state index is 0.0549. The molecule has 3 N–H and O–H groups in total. The van der Waals surface area contributed by atoms with E-state index in [0.29, 0.717) is 22.8 Å². The maximum Gasteiger partial charge on any atom is 0.319 e. The first-order valence-electron chi connectivity index (χ1n) is 8.93. The zero-order valence-corrected chi connectivity index (χ0v) is 14.9. The van der Waals surface area contributed by atoms with Gasteiger partial charge in [0, 0.05) is 23.2 Å². The highest BCUT2D eigenvalue weighted by Crippen LogP contribution is 2.26. The second kappa shape index (κ2) is 7.19. The maximum atomic E-state index is 13.9. The Kier molecular flexibility index (Phi) is 4.58. The van der Waals surface area contributed by atoms with Gasteiger partial charge in [0.2, 0.25) is 0 Å². The average Bonchev–Trinajstić information content (AvgIpc) is 3.47. The number of rotatable bonds is 5. The lowest BCUT2D eigenvalue weighted by Crippen LogP contribution is -2.30. The number of para-hydroxylation sites is 1. The molecule has 7 heteroatoms. The number of nitrogens with one attached hydrogen (secondary N) is 3. The third-order valence-electron chi connectivity index (χ3n) is 4.55. The van der Waals surface area contributed by atoms with Crippen LogP contribution in [0.3, 0.4) is 0 Å². The minimum Gasteiger partial charge on any atom is -0.363 e. The van der Waals surface area contributed by atoms with Gasteiger partial charge in [-0.3, -0.25) is 0 Å². The topological polar surface area (TPSA) is 78.9 Å². The molecule has 1 heterocycles. The zero-order chi connectivity index (χ0) is 18.8. The molecule has 1 fully saturated rings. The lowest BCUT2D eigenvalue weighted by atomic mass is 10.1. The number of carbonyl (C=O) groups is 1. The van der Waals surface area contributed by atoms with Crippen LogP contribution in [0.15, 0.2) is 48.8 Å². The Balaban J connectivity index is 1.46. The van der Waals surface area contributed by atoms with Crippen molar-refractivity contribution in [3.8, 4) is 0 Å². The molecular formula is C20H20FN5O. The molecule has 4 rings (SSSR count). The first-order chi connectivity index (χ1) is 13.1. The fraction of sp³-hybridized carbons (Fsp3) is 0.250. The molecule has 1 saturated carbocycles. The van der Waals surface area contributed by atoms with Crippen molar-refractivity contribution in [2.75, 3.05) is 10.6 Å². The molecule has 6 nitrogen and oxygen atoms in total. The average molecular weight is 365 g/mol. The Morgan fingerprint density at radius 3 is 2.67 bits per heavy atom. The molecule has 2 amide bonds. The molecular weight excluding hydrogens is 345 g/mol. The standard InChI is InChI=1S/C20H20FN5O/c1-12(24-19-16-3-2-4-17(21)18(16)22-11-23-19)13-5-7-14(8-6-13)25-20(27)26-15-9-10-15/h2-8,11-12,15H,9-10H2,1H3,(H,22,23,24)(H2,25,26,27). The van der Waals surface area contributed by atoms with Crippen molar-refractivity contribution in [1.82, 2.24) is 15.3 Å². The summed E-state index contributed by atoms with van der Waals surface area (Å²) in [4.78, 5) is 20.1. The fourth-order valence-corrected chi connectivity index (χ4v) is 2.89. The van der Waals surface area contributed by atoms with E-state index in [1.807, 2.05) is 31.2 Å². The Hall–Kier alpha value is -3.22. The molecule has 1 unspecified atom stereocenters. The van der Waals surface area contributed by atoms with E-state index in [-0.39, 0.29) is 17.9 Å². The van der Waals surface area contributed by atoms with Crippen molar-refractivity contribution in [2.45, 2.75) is 31.8 Å². The molecule has 2 aromatic carbocycles. The summed E-state index contributed by atoms with van der Waals surface area (Å²) in [6, 6.07) is 12.5. The van der Waals surface area contributed by atoms with E-state index >= 15 is 0 Å². The second-order valence-electron chi connectivity index (χ2n) is 6.72. The van der Waals surface area contributed by atoms with Crippen LogP contribution in [-0.4, -0.2) is 22.0 Å². The Morgan fingerprint density at radius 2 is 1.93 bits per heavy atom. The largest absolute Gasteiger partial charge is 0.363 e. The van der Waals surface area contributed by atoms with Gasteiger partial charge in [0.25, 0.3) is 0 Å². The van der Waals surface area contributed by atoms with Gasteiger partial charge < -0.3 is 16.0 Å². The zero-order valence-electron chi connectivity index (χ0n) is 14.9. The summed E-state index contributed by atoms with van der Waals surface area (Å²) in [7, 11) is 0. The second-order valence-corrected chi connectivity index (χ2v) is 6.72. The predicted octanol–water partition coefficient (Wildman–Crippen LogP) is 4.23. The number of aromatic nitrogens is 2. The van der Waals surface area contributed by atoms with Crippen LogP contribution in [0.2, 0.25) is 0 Å². The Labute approximate surface area is 156 Å². The van der Waals surface area contributed by atoms with Gasteiger partial charge >= 0.3 is 6.03 Å². The normalized spacial score (nSPS) is 14.6.